The lowest BCUT2D eigenvalue weighted by Crippen LogP contribution is -2.01. The maximum atomic E-state index is 13.1. The Bertz CT molecular complexity index is 552. The summed E-state index contributed by atoms with van der Waals surface area (Å²) in [4.78, 5) is 0. The third-order valence-electron chi connectivity index (χ3n) is 2.73. The van der Waals surface area contributed by atoms with E-state index in [9.17, 15) is 8.78 Å². The van der Waals surface area contributed by atoms with E-state index in [0.29, 0.717) is 18.8 Å². The van der Waals surface area contributed by atoms with Gasteiger partial charge in [-0.1, -0.05) is 19.1 Å². The third kappa shape index (κ3) is 4.23. The van der Waals surface area contributed by atoms with Gasteiger partial charge in [0.1, 0.15) is 17.4 Å². The lowest BCUT2D eigenvalue weighted by molar-refractivity contribution is 0.317. The molecule has 0 aliphatic rings. The second kappa shape index (κ2) is 6.89. The van der Waals surface area contributed by atoms with Crippen LogP contribution in [0.2, 0.25) is 0 Å². The fourth-order valence-electron chi connectivity index (χ4n) is 1.83. The Morgan fingerprint density at radius 1 is 1.05 bits per heavy atom. The maximum absolute atomic E-state index is 13.1. The Hall–Kier alpha value is -2.10. The predicted octanol–water partition coefficient (Wildman–Crippen LogP) is 4.37. The molecule has 0 spiro atoms. The van der Waals surface area contributed by atoms with Crippen LogP contribution >= 0.6 is 0 Å². The van der Waals surface area contributed by atoms with E-state index in [4.69, 9.17) is 4.74 Å². The minimum absolute atomic E-state index is 0.419. The number of hydrogen-bond acceptors (Lipinski definition) is 2. The van der Waals surface area contributed by atoms with Crippen LogP contribution in [0.4, 0.5) is 14.5 Å². The molecule has 2 rings (SSSR count). The molecule has 0 saturated heterocycles. The molecule has 0 aliphatic carbocycles. The molecule has 4 heteroatoms. The fourth-order valence-corrected chi connectivity index (χ4v) is 1.83. The molecule has 2 aromatic rings. The quantitative estimate of drug-likeness (QED) is 0.846. The van der Waals surface area contributed by atoms with Crippen molar-refractivity contribution >= 4 is 5.69 Å². The van der Waals surface area contributed by atoms with Crippen molar-refractivity contribution in [3.05, 3.63) is 59.7 Å². The molecule has 0 unspecified atom stereocenters. The van der Waals surface area contributed by atoms with Crippen molar-refractivity contribution in [1.82, 2.24) is 0 Å². The highest BCUT2D eigenvalue weighted by atomic mass is 19.1. The van der Waals surface area contributed by atoms with Crippen molar-refractivity contribution in [1.29, 1.82) is 0 Å². The summed E-state index contributed by atoms with van der Waals surface area (Å²) in [6, 6.07) is 11.0. The number of halogens is 2. The van der Waals surface area contributed by atoms with Gasteiger partial charge in [0.15, 0.2) is 0 Å². The first-order valence-corrected chi connectivity index (χ1v) is 6.59. The zero-order valence-electron chi connectivity index (χ0n) is 11.3. The molecule has 0 amide bonds. The summed E-state index contributed by atoms with van der Waals surface area (Å²) in [6.45, 7) is 3.20. The third-order valence-corrected chi connectivity index (χ3v) is 2.73. The van der Waals surface area contributed by atoms with Crippen LogP contribution in [0.3, 0.4) is 0 Å². The number of rotatable bonds is 6. The molecule has 0 bridgehead atoms. The molecule has 20 heavy (non-hydrogen) atoms. The monoisotopic (exact) mass is 277 g/mol. The highest BCUT2D eigenvalue weighted by Crippen LogP contribution is 2.17. The van der Waals surface area contributed by atoms with E-state index in [1.165, 1.54) is 12.1 Å². The summed E-state index contributed by atoms with van der Waals surface area (Å²) in [6.07, 6.45) is 0.949. The van der Waals surface area contributed by atoms with E-state index in [1.54, 1.807) is 0 Å². The van der Waals surface area contributed by atoms with Gasteiger partial charge in [-0.3, -0.25) is 0 Å². The Balaban J connectivity index is 1.99. The number of anilines is 1. The van der Waals surface area contributed by atoms with Crippen LogP contribution in [0.1, 0.15) is 18.9 Å². The van der Waals surface area contributed by atoms with E-state index in [-0.39, 0.29) is 0 Å². The van der Waals surface area contributed by atoms with Crippen LogP contribution in [0.5, 0.6) is 5.75 Å². The van der Waals surface area contributed by atoms with Crippen LogP contribution in [-0.4, -0.2) is 6.61 Å². The first-order valence-electron chi connectivity index (χ1n) is 6.59. The highest BCUT2D eigenvalue weighted by Gasteiger charge is 2.01. The van der Waals surface area contributed by atoms with Crippen LogP contribution < -0.4 is 10.1 Å². The Labute approximate surface area is 117 Å². The Morgan fingerprint density at radius 3 is 2.50 bits per heavy atom. The molecule has 2 nitrogen and oxygen atoms in total. The Morgan fingerprint density at radius 2 is 1.80 bits per heavy atom. The van der Waals surface area contributed by atoms with Gasteiger partial charge >= 0.3 is 0 Å². The van der Waals surface area contributed by atoms with Gasteiger partial charge in [0, 0.05) is 18.3 Å². The SMILES string of the molecule is CCCOc1cccc(CNc2cc(F)cc(F)c2)c1. The van der Waals surface area contributed by atoms with E-state index >= 15 is 0 Å². The van der Waals surface area contributed by atoms with E-state index in [1.807, 2.05) is 31.2 Å². The van der Waals surface area contributed by atoms with E-state index < -0.39 is 11.6 Å². The summed E-state index contributed by atoms with van der Waals surface area (Å²) < 4.78 is 31.7. The second-order valence-electron chi connectivity index (χ2n) is 4.51. The van der Waals surface area contributed by atoms with Gasteiger partial charge in [0.2, 0.25) is 0 Å². The van der Waals surface area contributed by atoms with Crippen LogP contribution in [0.15, 0.2) is 42.5 Å². The minimum atomic E-state index is -0.590. The van der Waals surface area contributed by atoms with Gasteiger partial charge in [-0.2, -0.15) is 0 Å². The average Bonchev–Trinajstić information content (AvgIpc) is 2.42. The number of ether oxygens (including phenoxy) is 1. The molecule has 1 N–H and O–H groups in total. The second-order valence-corrected chi connectivity index (χ2v) is 4.51. The molecular formula is C16H17F2NO. The summed E-state index contributed by atoms with van der Waals surface area (Å²) in [7, 11) is 0. The molecule has 0 atom stereocenters. The van der Waals surface area contributed by atoms with Crippen molar-refractivity contribution < 1.29 is 13.5 Å². The van der Waals surface area contributed by atoms with Gasteiger partial charge in [-0.15, -0.1) is 0 Å². The molecule has 106 valence electrons. The van der Waals surface area contributed by atoms with Crippen molar-refractivity contribution in [2.24, 2.45) is 0 Å². The van der Waals surface area contributed by atoms with Gasteiger partial charge in [0.05, 0.1) is 6.61 Å². The number of hydrogen-bond donors (Lipinski definition) is 1. The zero-order valence-corrected chi connectivity index (χ0v) is 11.3. The molecule has 0 aliphatic heterocycles. The largest absolute Gasteiger partial charge is 0.494 e. The molecular weight excluding hydrogens is 260 g/mol. The number of nitrogens with one attached hydrogen (secondary N) is 1. The van der Waals surface area contributed by atoms with Gasteiger partial charge in [-0.05, 0) is 36.2 Å². The van der Waals surface area contributed by atoms with Crippen LogP contribution in [0, 0.1) is 11.6 Å². The van der Waals surface area contributed by atoms with E-state index in [0.717, 1.165) is 23.8 Å². The lowest BCUT2D eigenvalue weighted by atomic mass is 10.2. The molecule has 0 fully saturated rings. The van der Waals surface area contributed by atoms with Crippen molar-refractivity contribution in [3.63, 3.8) is 0 Å². The van der Waals surface area contributed by atoms with Gasteiger partial charge < -0.3 is 10.1 Å². The lowest BCUT2D eigenvalue weighted by Gasteiger charge is -2.09. The standard InChI is InChI=1S/C16H17F2NO/c1-2-6-20-16-5-3-4-12(7-16)11-19-15-9-13(17)8-14(18)10-15/h3-5,7-10,19H,2,6,11H2,1H3. The highest BCUT2D eigenvalue weighted by molar-refractivity contribution is 5.44. The minimum Gasteiger partial charge on any atom is -0.494 e. The first-order chi connectivity index (χ1) is 9.67. The molecule has 0 heterocycles. The maximum Gasteiger partial charge on any atom is 0.128 e. The molecule has 0 radical (unpaired) electrons. The van der Waals surface area contributed by atoms with E-state index in [2.05, 4.69) is 5.32 Å². The fraction of sp³-hybridized carbons (Fsp3) is 0.250. The van der Waals surface area contributed by atoms with Gasteiger partial charge in [-0.25, -0.2) is 8.78 Å². The Kier molecular flexibility index (Phi) is 4.93. The summed E-state index contributed by atoms with van der Waals surface area (Å²) >= 11 is 0. The van der Waals surface area contributed by atoms with Gasteiger partial charge in [0.25, 0.3) is 0 Å². The first kappa shape index (κ1) is 14.3. The average molecular weight is 277 g/mol. The normalized spacial score (nSPS) is 10.3. The van der Waals surface area contributed by atoms with Crippen molar-refractivity contribution in [3.8, 4) is 5.75 Å². The smallest absolute Gasteiger partial charge is 0.128 e. The predicted molar refractivity (Wildman–Crippen MR) is 75.9 cm³/mol. The summed E-state index contributed by atoms with van der Waals surface area (Å²) in [5.74, 6) is -0.378. The van der Waals surface area contributed by atoms with Crippen LogP contribution in [0.25, 0.3) is 0 Å². The molecule has 0 saturated carbocycles. The topological polar surface area (TPSA) is 21.3 Å². The zero-order chi connectivity index (χ0) is 14.4. The summed E-state index contributed by atoms with van der Waals surface area (Å²) in [5, 5.41) is 2.99. The molecule has 2 aromatic carbocycles. The summed E-state index contributed by atoms with van der Waals surface area (Å²) in [5.41, 5.74) is 1.41. The van der Waals surface area contributed by atoms with Crippen molar-refractivity contribution in [2.45, 2.75) is 19.9 Å². The number of benzene rings is 2. The van der Waals surface area contributed by atoms with Crippen LogP contribution in [-0.2, 0) is 6.54 Å². The molecule has 0 aromatic heterocycles. The van der Waals surface area contributed by atoms with Crippen molar-refractivity contribution in [2.75, 3.05) is 11.9 Å².